The van der Waals surface area contributed by atoms with Crippen molar-refractivity contribution in [3.63, 3.8) is 0 Å². The van der Waals surface area contributed by atoms with Crippen LogP contribution in [0.5, 0.6) is 0 Å². The van der Waals surface area contributed by atoms with E-state index in [2.05, 4.69) is 89.3 Å². The first kappa shape index (κ1) is 12.5. The van der Waals surface area contributed by atoms with Gasteiger partial charge in [0.2, 0.25) is 0 Å². The van der Waals surface area contributed by atoms with E-state index in [1.807, 2.05) is 6.07 Å². The second-order valence-electron chi connectivity index (χ2n) is 3.97. The van der Waals surface area contributed by atoms with Crippen LogP contribution in [0, 0.1) is 6.20 Å². The Kier molecular flexibility index (Phi) is 3.34. The van der Waals surface area contributed by atoms with Gasteiger partial charge >= 0.3 is 0 Å². The van der Waals surface area contributed by atoms with Crippen molar-refractivity contribution in [2.75, 3.05) is 0 Å². The highest BCUT2D eigenvalue weighted by molar-refractivity contribution is 9.14. The van der Waals surface area contributed by atoms with Gasteiger partial charge in [0.25, 0.3) is 0 Å². The average molecular weight is 429 g/mol. The zero-order valence-electron chi connectivity index (χ0n) is 9.10. The summed E-state index contributed by atoms with van der Waals surface area (Å²) in [7, 11) is 0. The van der Waals surface area contributed by atoms with Crippen molar-refractivity contribution in [2.24, 2.45) is 0 Å². The summed E-state index contributed by atoms with van der Waals surface area (Å²) in [5, 5.41) is 1.17. The molecule has 18 heavy (non-hydrogen) atoms. The molecule has 2 aromatic carbocycles. The molecule has 1 aromatic heterocycles. The molecule has 3 aromatic rings. The number of halogens is 3. The monoisotopic (exact) mass is 426 g/mol. The third-order valence-corrected chi connectivity index (χ3v) is 5.97. The summed E-state index contributed by atoms with van der Waals surface area (Å²) < 4.78 is 3.10. The summed E-state index contributed by atoms with van der Waals surface area (Å²) in [6, 6.07) is 12.5. The van der Waals surface area contributed by atoms with E-state index >= 15 is 0 Å². The third-order valence-electron chi connectivity index (χ3n) is 2.80. The highest BCUT2D eigenvalue weighted by Gasteiger charge is 2.07. The Bertz CT molecular complexity index is 708. The second-order valence-corrected chi connectivity index (χ2v) is 6.47. The highest BCUT2D eigenvalue weighted by atomic mass is 79.9. The van der Waals surface area contributed by atoms with E-state index < -0.39 is 0 Å². The van der Waals surface area contributed by atoms with Gasteiger partial charge in [-0.25, -0.2) is 0 Å². The van der Waals surface area contributed by atoms with Gasteiger partial charge in [-0.15, -0.1) is 0 Å². The predicted molar refractivity (Wildman–Crippen MR) is 85.7 cm³/mol. The van der Waals surface area contributed by atoms with Crippen molar-refractivity contribution >= 4 is 58.7 Å². The molecule has 0 aliphatic heterocycles. The first-order valence-electron chi connectivity index (χ1n) is 5.29. The van der Waals surface area contributed by atoms with Gasteiger partial charge in [-0.05, 0) is 89.2 Å². The van der Waals surface area contributed by atoms with Gasteiger partial charge in [-0.2, -0.15) is 0 Å². The van der Waals surface area contributed by atoms with E-state index in [4.69, 9.17) is 0 Å². The van der Waals surface area contributed by atoms with Gasteiger partial charge in [0, 0.05) is 24.3 Å². The number of benzene rings is 2. The van der Waals surface area contributed by atoms with Crippen LogP contribution in [0.25, 0.3) is 22.0 Å². The molecule has 1 nitrogen and oxygen atoms in total. The molecule has 0 amide bonds. The summed E-state index contributed by atoms with van der Waals surface area (Å²) in [5.74, 6) is 0. The number of nitrogens with one attached hydrogen (secondary N) is 1. The van der Waals surface area contributed by atoms with Crippen LogP contribution < -0.4 is 0 Å². The maximum Gasteiger partial charge on any atom is 0.0630 e. The quantitative estimate of drug-likeness (QED) is 0.463. The molecule has 0 fully saturated rings. The van der Waals surface area contributed by atoms with Crippen molar-refractivity contribution in [3.05, 3.63) is 56.0 Å². The fourth-order valence-corrected chi connectivity index (χ4v) is 3.30. The third kappa shape index (κ3) is 2.17. The number of aromatic nitrogens is 1. The zero-order valence-corrected chi connectivity index (χ0v) is 13.9. The molecule has 89 valence electrons. The first-order valence-corrected chi connectivity index (χ1v) is 7.67. The SMILES string of the molecule is Brc1cc(-c2ccc3[nH][c]cc3c2)cc(Br)c1Br. The Morgan fingerprint density at radius 1 is 0.889 bits per heavy atom. The van der Waals surface area contributed by atoms with Gasteiger partial charge in [0.1, 0.15) is 0 Å². The Hall–Kier alpha value is -0.580. The lowest BCUT2D eigenvalue weighted by molar-refractivity contribution is 1.46. The van der Waals surface area contributed by atoms with Crippen molar-refractivity contribution in [2.45, 2.75) is 0 Å². The van der Waals surface area contributed by atoms with Crippen LogP contribution in [0.1, 0.15) is 0 Å². The Balaban J connectivity index is 2.19. The van der Waals surface area contributed by atoms with E-state index in [-0.39, 0.29) is 0 Å². The molecular formula is C14H7Br3N. The minimum atomic E-state index is 1.03. The van der Waals surface area contributed by atoms with Gasteiger partial charge in [-0.1, -0.05) is 6.07 Å². The summed E-state index contributed by atoms with van der Waals surface area (Å²) >= 11 is 10.6. The molecule has 0 atom stereocenters. The van der Waals surface area contributed by atoms with Crippen molar-refractivity contribution in [3.8, 4) is 11.1 Å². The Morgan fingerprint density at radius 3 is 2.33 bits per heavy atom. The zero-order chi connectivity index (χ0) is 12.7. The largest absolute Gasteiger partial charge is 0.353 e. The number of hydrogen-bond donors (Lipinski definition) is 1. The topological polar surface area (TPSA) is 15.8 Å². The second kappa shape index (κ2) is 4.83. The molecular weight excluding hydrogens is 422 g/mol. The average Bonchev–Trinajstić information content (AvgIpc) is 2.82. The molecule has 1 N–H and O–H groups in total. The van der Waals surface area contributed by atoms with Crippen molar-refractivity contribution in [1.82, 2.24) is 4.98 Å². The first-order chi connectivity index (χ1) is 8.65. The summed E-state index contributed by atoms with van der Waals surface area (Å²) in [5.41, 5.74) is 3.46. The fraction of sp³-hybridized carbons (Fsp3) is 0. The van der Waals surface area contributed by atoms with Crippen molar-refractivity contribution < 1.29 is 0 Å². The summed E-state index contributed by atoms with van der Waals surface area (Å²) in [6.45, 7) is 0. The van der Waals surface area contributed by atoms with Crippen LogP contribution in [-0.2, 0) is 0 Å². The molecule has 1 radical (unpaired) electrons. The summed E-state index contributed by atoms with van der Waals surface area (Å²) in [6.07, 6.45) is 3.00. The van der Waals surface area contributed by atoms with Gasteiger partial charge in [0.15, 0.2) is 0 Å². The predicted octanol–water partition coefficient (Wildman–Crippen LogP) is 5.92. The van der Waals surface area contributed by atoms with Crippen LogP contribution >= 0.6 is 47.8 Å². The van der Waals surface area contributed by atoms with Gasteiger partial charge in [0.05, 0.1) is 6.20 Å². The number of hydrogen-bond acceptors (Lipinski definition) is 0. The smallest absolute Gasteiger partial charge is 0.0630 e. The van der Waals surface area contributed by atoms with Gasteiger partial charge in [-0.3, -0.25) is 0 Å². The number of fused-ring (bicyclic) bond motifs is 1. The molecule has 4 heteroatoms. The molecule has 0 unspecified atom stereocenters. The molecule has 0 saturated heterocycles. The lowest BCUT2D eigenvalue weighted by Gasteiger charge is -2.06. The minimum absolute atomic E-state index is 1.03. The minimum Gasteiger partial charge on any atom is -0.353 e. The van der Waals surface area contributed by atoms with E-state index in [1.165, 1.54) is 16.5 Å². The lowest BCUT2D eigenvalue weighted by atomic mass is 10.0. The molecule has 0 bridgehead atoms. The summed E-state index contributed by atoms with van der Waals surface area (Å²) in [4.78, 5) is 3.08. The number of H-pyrrole nitrogens is 1. The van der Waals surface area contributed by atoms with Gasteiger partial charge < -0.3 is 4.98 Å². The fourth-order valence-electron chi connectivity index (χ4n) is 1.89. The maximum absolute atomic E-state index is 3.55. The van der Waals surface area contributed by atoms with Crippen LogP contribution in [-0.4, -0.2) is 4.98 Å². The molecule has 0 saturated carbocycles. The Labute approximate surface area is 130 Å². The maximum atomic E-state index is 3.55. The van der Waals surface area contributed by atoms with E-state index in [0.717, 1.165) is 18.9 Å². The highest BCUT2D eigenvalue weighted by Crippen LogP contribution is 2.36. The van der Waals surface area contributed by atoms with Crippen LogP contribution in [0.2, 0.25) is 0 Å². The van der Waals surface area contributed by atoms with Crippen LogP contribution in [0.3, 0.4) is 0 Å². The normalized spacial score (nSPS) is 11.1. The molecule has 0 aliphatic rings. The lowest BCUT2D eigenvalue weighted by Crippen LogP contribution is -1.81. The molecule has 0 aliphatic carbocycles. The molecule has 0 spiro atoms. The molecule has 3 rings (SSSR count). The standard InChI is InChI=1S/C14H7Br3N/c15-11-6-10(7-12(16)14(11)17)8-1-2-13-9(5-8)3-4-18-13/h1-3,5-7,18H. The van der Waals surface area contributed by atoms with E-state index in [9.17, 15) is 0 Å². The van der Waals surface area contributed by atoms with E-state index in [1.54, 1.807) is 0 Å². The van der Waals surface area contributed by atoms with Crippen molar-refractivity contribution in [1.29, 1.82) is 0 Å². The number of aromatic amines is 1. The van der Waals surface area contributed by atoms with E-state index in [0.29, 0.717) is 0 Å². The molecule has 1 heterocycles. The Morgan fingerprint density at radius 2 is 1.61 bits per heavy atom. The van der Waals surface area contributed by atoms with Crippen LogP contribution in [0.15, 0.2) is 49.8 Å². The number of rotatable bonds is 1. The van der Waals surface area contributed by atoms with Crippen LogP contribution in [0.4, 0.5) is 0 Å².